The summed E-state index contributed by atoms with van der Waals surface area (Å²) in [4.78, 5) is 24.7. The van der Waals surface area contributed by atoms with Gasteiger partial charge >= 0.3 is 0 Å². The third kappa shape index (κ3) is 4.13. The molecule has 0 radical (unpaired) electrons. The molecule has 148 valence electrons. The maximum Gasteiger partial charge on any atom is 0.275 e. The Balaban J connectivity index is 1.86. The summed E-state index contributed by atoms with van der Waals surface area (Å²) >= 11 is 0. The van der Waals surface area contributed by atoms with Crippen LogP contribution in [0.4, 0.5) is 5.69 Å². The first-order valence-electron chi connectivity index (χ1n) is 8.33. The monoisotopic (exact) mass is 421 g/mol. The number of aromatic nitrogens is 2. The SMILES string of the molecule is COc1cnc(C(=O)Nc2ccc(P)c(C3CS(=O)(=O)C(C)C(N)=N3)c2)cn1. The van der Waals surface area contributed by atoms with Crippen LogP contribution >= 0.6 is 9.24 Å². The number of hydrogen-bond acceptors (Lipinski definition) is 8. The van der Waals surface area contributed by atoms with E-state index in [4.69, 9.17) is 10.5 Å². The summed E-state index contributed by atoms with van der Waals surface area (Å²) in [7, 11) is 0.609. The van der Waals surface area contributed by atoms with Crippen molar-refractivity contribution in [3.8, 4) is 5.88 Å². The van der Waals surface area contributed by atoms with Gasteiger partial charge in [0.1, 0.15) is 16.8 Å². The van der Waals surface area contributed by atoms with Crippen molar-refractivity contribution < 1.29 is 17.9 Å². The molecule has 3 unspecified atom stereocenters. The molecule has 9 nitrogen and oxygen atoms in total. The van der Waals surface area contributed by atoms with Crippen LogP contribution in [-0.2, 0) is 9.84 Å². The number of aliphatic imine (C=N–C) groups is 1. The van der Waals surface area contributed by atoms with Crippen LogP contribution in [0, 0.1) is 0 Å². The third-order valence-electron chi connectivity index (χ3n) is 4.42. The van der Waals surface area contributed by atoms with Gasteiger partial charge in [-0.25, -0.2) is 18.4 Å². The van der Waals surface area contributed by atoms with Gasteiger partial charge in [0.05, 0.1) is 31.3 Å². The Morgan fingerprint density at radius 2 is 2.07 bits per heavy atom. The standard InChI is InChI=1S/C17H20N5O4PS/c1-9-16(18)22-13(8-28(9,24)25)11-5-10(3-4-14(11)27)21-17(23)12-6-20-15(26-2)7-19-12/h3-7,9,13H,8,27H2,1-2H3,(H2,18,22)(H,21,23). The number of nitrogens with zero attached hydrogens (tertiary/aromatic N) is 3. The van der Waals surface area contributed by atoms with Crippen LogP contribution in [0.25, 0.3) is 0 Å². The van der Waals surface area contributed by atoms with Crippen molar-refractivity contribution in [2.45, 2.75) is 18.2 Å². The molecule has 0 bridgehead atoms. The number of carbonyl (C=O) groups is 1. The Bertz CT molecular complexity index is 1040. The Morgan fingerprint density at radius 3 is 2.68 bits per heavy atom. The first-order valence-corrected chi connectivity index (χ1v) is 10.6. The summed E-state index contributed by atoms with van der Waals surface area (Å²) in [6.45, 7) is 1.53. The predicted octanol–water partition coefficient (Wildman–Crippen LogP) is 0.453. The van der Waals surface area contributed by atoms with Gasteiger partial charge in [-0.05, 0) is 29.9 Å². The molecule has 0 aliphatic carbocycles. The molecule has 3 rings (SSSR count). The summed E-state index contributed by atoms with van der Waals surface area (Å²) in [6, 6.07) is 4.51. The molecule has 2 heterocycles. The maximum atomic E-state index is 12.4. The molecule has 28 heavy (non-hydrogen) atoms. The highest BCUT2D eigenvalue weighted by molar-refractivity contribution is 7.92. The lowest BCUT2D eigenvalue weighted by Crippen LogP contribution is -2.41. The average Bonchev–Trinajstić information content (AvgIpc) is 2.67. The fourth-order valence-corrected chi connectivity index (χ4v) is 4.49. The van der Waals surface area contributed by atoms with Crippen LogP contribution in [0.5, 0.6) is 5.88 Å². The zero-order chi connectivity index (χ0) is 20.5. The molecule has 0 saturated heterocycles. The number of amidine groups is 1. The van der Waals surface area contributed by atoms with E-state index in [9.17, 15) is 13.2 Å². The number of nitrogens with two attached hydrogens (primary N) is 1. The number of anilines is 1. The number of carbonyl (C=O) groups excluding carboxylic acids is 1. The minimum atomic E-state index is -3.39. The molecule has 0 spiro atoms. The second kappa shape index (κ2) is 7.81. The predicted molar refractivity (Wildman–Crippen MR) is 110 cm³/mol. The van der Waals surface area contributed by atoms with E-state index in [1.165, 1.54) is 26.4 Å². The second-order valence-electron chi connectivity index (χ2n) is 6.28. The summed E-state index contributed by atoms with van der Waals surface area (Å²) in [6.07, 6.45) is 2.65. The minimum Gasteiger partial charge on any atom is -0.480 e. The number of rotatable bonds is 4. The zero-order valence-electron chi connectivity index (χ0n) is 15.3. The highest BCUT2D eigenvalue weighted by atomic mass is 32.2. The van der Waals surface area contributed by atoms with Crippen molar-refractivity contribution in [3.05, 3.63) is 41.9 Å². The topological polar surface area (TPSA) is 137 Å². The van der Waals surface area contributed by atoms with Gasteiger partial charge in [0.2, 0.25) is 5.88 Å². The van der Waals surface area contributed by atoms with Crippen molar-refractivity contribution in [2.75, 3.05) is 18.2 Å². The quantitative estimate of drug-likeness (QED) is 0.684. The van der Waals surface area contributed by atoms with Crippen LogP contribution in [0.2, 0.25) is 0 Å². The fourth-order valence-electron chi connectivity index (χ4n) is 2.70. The number of hydrogen-bond donors (Lipinski definition) is 2. The van der Waals surface area contributed by atoms with Crippen molar-refractivity contribution in [3.63, 3.8) is 0 Å². The van der Waals surface area contributed by atoms with E-state index in [1.807, 2.05) is 0 Å². The number of nitrogens with one attached hydrogen (secondary N) is 1. The number of benzene rings is 1. The van der Waals surface area contributed by atoms with Gasteiger partial charge in [0.25, 0.3) is 5.91 Å². The Labute approximate surface area is 164 Å². The van der Waals surface area contributed by atoms with Crippen molar-refractivity contribution in [1.29, 1.82) is 0 Å². The minimum absolute atomic E-state index is 0.0867. The molecule has 2 aromatic rings. The summed E-state index contributed by atoms with van der Waals surface area (Å²) < 4.78 is 29.6. The normalized spacial score (nSPS) is 20.9. The van der Waals surface area contributed by atoms with E-state index >= 15 is 0 Å². The third-order valence-corrected chi connectivity index (χ3v) is 7.05. The number of ether oxygens (including phenoxy) is 1. The van der Waals surface area contributed by atoms with E-state index in [1.54, 1.807) is 18.2 Å². The van der Waals surface area contributed by atoms with E-state index in [0.717, 1.165) is 5.30 Å². The summed E-state index contributed by atoms with van der Waals surface area (Å²) in [5, 5.41) is 2.70. The summed E-state index contributed by atoms with van der Waals surface area (Å²) in [5.74, 6) is -0.207. The molecule has 3 atom stereocenters. The molecule has 11 heteroatoms. The van der Waals surface area contributed by atoms with Crippen molar-refractivity contribution >= 4 is 41.8 Å². The Morgan fingerprint density at radius 1 is 1.32 bits per heavy atom. The maximum absolute atomic E-state index is 12.4. The van der Waals surface area contributed by atoms with E-state index in [-0.39, 0.29) is 17.3 Å². The van der Waals surface area contributed by atoms with E-state index < -0.39 is 27.0 Å². The van der Waals surface area contributed by atoms with Gasteiger partial charge in [-0.3, -0.25) is 9.79 Å². The van der Waals surface area contributed by atoms with Crippen LogP contribution < -0.4 is 21.1 Å². The van der Waals surface area contributed by atoms with E-state index in [2.05, 4.69) is 29.5 Å². The molecular weight excluding hydrogens is 401 g/mol. The molecule has 0 fully saturated rings. The van der Waals surface area contributed by atoms with Crippen LogP contribution in [0.1, 0.15) is 29.0 Å². The van der Waals surface area contributed by atoms with Crippen molar-refractivity contribution in [2.24, 2.45) is 10.7 Å². The van der Waals surface area contributed by atoms with Crippen LogP contribution in [-0.4, -0.2) is 48.2 Å². The number of amides is 1. The molecule has 0 saturated carbocycles. The molecule has 1 aliphatic heterocycles. The molecule has 3 N–H and O–H groups in total. The number of sulfone groups is 1. The fraction of sp³-hybridized carbons (Fsp3) is 0.294. The van der Waals surface area contributed by atoms with Gasteiger partial charge < -0.3 is 15.8 Å². The van der Waals surface area contributed by atoms with Gasteiger partial charge in [-0.2, -0.15) is 0 Å². The van der Waals surface area contributed by atoms with Crippen LogP contribution in [0.15, 0.2) is 35.6 Å². The first kappa shape index (κ1) is 20.2. The Kier molecular flexibility index (Phi) is 5.62. The molecule has 1 aromatic heterocycles. The lowest BCUT2D eigenvalue weighted by atomic mass is 10.1. The Hall–Kier alpha value is -2.58. The highest BCUT2D eigenvalue weighted by Gasteiger charge is 2.34. The van der Waals surface area contributed by atoms with Crippen molar-refractivity contribution in [1.82, 2.24) is 9.97 Å². The largest absolute Gasteiger partial charge is 0.480 e. The van der Waals surface area contributed by atoms with Gasteiger partial charge in [-0.1, -0.05) is 6.07 Å². The van der Waals surface area contributed by atoms with Gasteiger partial charge in [0, 0.05) is 5.69 Å². The first-order chi connectivity index (χ1) is 13.2. The van der Waals surface area contributed by atoms with E-state index in [0.29, 0.717) is 17.1 Å². The zero-order valence-corrected chi connectivity index (χ0v) is 17.3. The number of methoxy groups -OCH3 is 1. The second-order valence-corrected chi connectivity index (χ2v) is 9.27. The lowest BCUT2D eigenvalue weighted by Gasteiger charge is -2.25. The average molecular weight is 421 g/mol. The van der Waals surface area contributed by atoms with Crippen LogP contribution in [0.3, 0.4) is 0 Å². The molecule has 1 amide bonds. The summed E-state index contributed by atoms with van der Waals surface area (Å²) in [5.41, 5.74) is 7.07. The highest BCUT2D eigenvalue weighted by Crippen LogP contribution is 2.28. The van der Waals surface area contributed by atoms with Gasteiger partial charge in [-0.15, -0.1) is 9.24 Å². The molecular formula is C17H20N5O4PS. The molecule has 1 aliphatic rings. The molecule has 1 aromatic carbocycles. The smallest absolute Gasteiger partial charge is 0.275 e. The van der Waals surface area contributed by atoms with Gasteiger partial charge in [0.15, 0.2) is 9.84 Å². The lowest BCUT2D eigenvalue weighted by molar-refractivity contribution is 0.102.